The largest absolute Gasteiger partial charge is 0.458 e. The Bertz CT molecular complexity index is 533. The van der Waals surface area contributed by atoms with E-state index in [1.54, 1.807) is 29.2 Å². The lowest BCUT2D eigenvalue weighted by atomic mass is 10.1. The first-order valence-electron chi connectivity index (χ1n) is 7.07. The van der Waals surface area contributed by atoms with Gasteiger partial charge in [-0.3, -0.25) is 4.79 Å². The Morgan fingerprint density at radius 3 is 2.43 bits per heavy atom. The minimum Gasteiger partial charge on any atom is -0.458 e. The molecule has 0 saturated carbocycles. The van der Waals surface area contributed by atoms with Gasteiger partial charge in [-0.2, -0.15) is 0 Å². The molecule has 0 aromatic heterocycles. The smallest absolute Gasteiger partial charge is 0.329 e. The predicted octanol–water partition coefficient (Wildman–Crippen LogP) is 3.29. The average Bonchev–Trinajstić information content (AvgIpc) is 2.86. The summed E-state index contributed by atoms with van der Waals surface area (Å²) in [7, 11) is 0. The summed E-state index contributed by atoms with van der Waals surface area (Å²) in [6, 6.07) is 6.21. The molecule has 1 aromatic carbocycles. The first kappa shape index (κ1) is 15.8. The van der Waals surface area contributed by atoms with Gasteiger partial charge in [0.25, 0.3) is 5.91 Å². The molecule has 4 nitrogen and oxygen atoms in total. The highest BCUT2D eigenvalue weighted by Crippen LogP contribution is 2.23. The van der Waals surface area contributed by atoms with Gasteiger partial charge in [0.15, 0.2) is 0 Å². The van der Waals surface area contributed by atoms with Crippen molar-refractivity contribution in [2.75, 3.05) is 6.54 Å². The van der Waals surface area contributed by atoms with E-state index in [-0.39, 0.29) is 11.9 Å². The average molecular weight is 310 g/mol. The Morgan fingerprint density at radius 2 is 1.86 bits per heavy atom. The minimum atomic E-state index is -0.547. The second-order valence-electron chi connectivity index (χ2n) is 6.20. The monoisotopic (exact) mass is 309 g/mol. The van der Waals surface area contributed by atoms with E-state index in [0.29, 0.717) is 23.6 Å². The normalized spacial score (nSPS) is 18.7. The number of hydrogen-bond donors (Lipinski definition) is 0. The summed E-state index contributed by atoms with van der Waals surface area (Å²) >= 11 is 5.83. The summed E-state index contributed by atoms with van der Waals surface area (Å²) in [6.07, 6.45) is 1.46. The number of benzene rings is 1. The van der Waals surface area contributed by atoms with Crippen molar-refractivity contribution in [3.05, 3.63) is 34.9 Å². The van der Waals surface area contributed by atoms with E-state index >= 15 is 0 Å². The van der Waals surface area contributed by atoms with E-state index in [1.165, 1.54) is 0 Å². The number of rotatable bonds is 2. The van der Waals surface area contributed by atoms with Gasteiger partial charge in [0.1, 0.15) is 11.6 Å². The molecule has 0 radical (unpaired) electrons. The zero-order valence-electron chi connectivity index (χ0n) is 12.6. The van der Waals surface area contributed by atoms with Gasteiger partial charge in [0.2, 0.25) is 0 Å². The highest BCUT2D eigenvalue weighted by molar-refractivity contribution is 6.30. The number of halogens is 1. The van der Waals surface area contributed by atoms with Crippen LogP contribution < -0.4 is 0 Å². The molecule has 1 aliphatic heterocycles. The van der Waals surface area contributed by atoms with Crippen LogP contribution in [0.2, 0.25) is 5.02 Å². The van der Waals surface area contributed by atoms with Gasteiger partial charge in [-0.1, -0.05) is 11.6 Å². The van der Waals surface area contributed by atoms with Crippen molar-refractivity contribution in [1.82, 2.24) is 4.90 Å². The number of ether oxygens (including phenoxy) is 1. The van der Waals surface area contributed by atoms with Gasteiger partial charge < -0.3 is 9.64 Å². The van der Waals surface area contributed by atoms with Crippen LogP contribution in [-0.4, -0.2) is 35.0 Å². The van der Waals surface area contributed by atoms with E-state index < -0.39 is 11.6 Å². The standard InChI is InChI=1S/C16H20ClNO3/c1-16(2,3)21-15(20)13-5-4-10-18(13)14(19)11-6-8-12(17)9-7-11/h6-9,13H,4-5,10H2,1-3H3/t13-/m0/s1. The second-order valence-corrected chi connectivity index (χ2v) is 6.63. The lowest BCUT2D eigenvalue weighted by Crippen LogP contribution is -2.43. The number of nitrogens with zero attached hydrogens (tertiary/aromatic N) is 1. The Kier molecular flexibility index (Phi) is 4.57. The number of hydrogen-bond acceptors (Lipinski definition) is 3. The molecule has 1 aromatic rings. The van der Waals surface area contributed by atoms with Crippen LogP contribution in [0.1, 0.15) is 44.0 Å². The van der Waals surface area contributed by atoms with Crippen LogP contribution in [0.25, 0.3) is 0 Å². The second kappa shape index (κ2) is 6.06. The zero-order chi connectivity index (χ0) is 15.6. The molecule has 0 spiro atoms. The lowest BCUT2D eigenvalue weighted by Gasteiger charge is -2.27. The van der Waals surface area contributed by atoms with Crippen LogP contribution >= 0.6 is 11.6 Å². The van der Waals surface area contributed by atoms with Gasteiger partial charge in [-0.25, -0.2) is 4.79 Å². The summed E-state index contributed by atoms with van der Waals surface area (Å²) in [5, 5.41) is 0.580. The number of carbonyl (C=O) groups is 2. The third-order valence-corrected chi connectivity index (χ3v) is 3.54. The Hall–Kier alpha value is -1.55. The van der Waals surface area contributed by atoms with Crippen LogP contribution in [0.4, 0.5) is 0 Å². The van der Waals surface area contributed by atoms with Crippen LogP contribution in [0.5, 0.6) is 0 Å². The van der Waals surface area contributed by atoms with Crippen molar-refractivity contribution in [2.24, 2.45) is 0 Å². The van der Waals surface area contributed by atoms with Crippen molar-refractivity contribution in [3.8, 4) is 0 Å². The molecule has 0 bridgehead atoms. The first-order chi connectivity index (χ1) is 9.78. The fraction of sp³-hybridized carbons (Fsp3) is 0.500. The fourth-order valence-corrected chi connectivity index (χ4v) is 2.51. The number of carbonyl (C=O) groups excluding carboxylic acids is 2. The van der Waals surface area contributed by atoms with Crippen molar-refractivity contribution in [1.29, 1.82) is 0 Å². The van der Waals surface area contributed by atoms with E-state index in [2.05, 4.69) is 0 Å². The van der Waals surface area contributed by atoms with Crippen LogP contribution in [0.15, 0.2) is 24.3 Å². The molecule has 5 heteroatoms. The third-order valence-electron chi connectivity index (χ3n) is 3.28. The van der Waals surface area contributed by atoms with Gasteiger partial charge in [0, 0.05) is 17.1 Å². The van der Waals surface area contributed by atoms with Crippen molar-refractivity contribution in [2.45, 2.75) is 45.3 Å². The fourth-order valence-electron chi connectivity index (χ4n) is 2.38. The summed E-state index contributed by atoms with van der Waals surface area (Å²) < 4.78 is 5.40. The van der Waals surface area contributed by atoms with E-state index in [9.17, 15) is 9.59 Å². The molecule has 0 N–H and O–H groups in total. The number of amides is 1. The molecule has 114 valence electrons. The van der Waals surface area contributed by atoms with Gasteiger partial charge >= 0.3 is 5.97 Å². The molecular formula is C16H20ClNO3. The molecule has 0 aliphatic carbocycles. The molecule has 2 rings (SSSR count). The van der Waals surface area contributed by atoms with E-state index in [1.807, 2.05) is 20.8 Å². The van der Waals surface area contributed by atoms with Crippen molar-refractivity contribution in [3.63, 3.8) is 0 Å². The van der Waals surface area contributed by atoms with Crippen molar-refractivity contribution >= 4 is 23.5 Å². The molecule has 1 aliphatic rings. The maximum Gasteiger partial charge on any atom is 0.329 e. The molecule has 21 heavy (non-hydrogen) atoms. The number of likely N-dealkylation sites (tertiary alicyclic amines) is 1. The summed E-state index contributed by atoms with van der Waals surface area (Å²) in [5.41, 5.74) is -0.0101. The summed E-state index contributed by atoms with van der Waals surface area (Å²) in [4.78, 5) is 26.3. The highest BCUT2D eigenvalue weighted by Gasteiger charge is 2.37. The predicted molar refractivity (Wildman–Crippen MR) is 81.4 cm³/mol. The summed E-state index contributed by atoms with van der Waals surface area (Å²) in [6.45, 7) is 6.05. The van der Waals surface area contributed by atoms with Crippen molar-refractivity contribution < 1.29 is 14.3 Å². The SMILES string of the molecule is CC(C)(C)OC(=O)[C@@H]1CCCN1C(=O)c1ccc(Cl)cc1. The first-order valence-corrected chi connectivity index (χ1v) is 7.45. The van der Waals surface area contributed by atoms with Gasteiger partial charge in [-0.05, 0) is 57.9 Å². The van der Waals surface area contributed by atoms with Crippen LogP contribution in [0, 0.1) is 0 Å². The topological polar surface area (TPSA) is 46.6 Å². The molecule has 0 unspecified atom stereocenters. The minimum absolute atomic E-state index is 0.153. The zero-order valence-corrected chi connectivity index (χ0v) is 13.3. The Morgan fingerprint density at radius 1 is 1.24 bits per heavy atom. The van der Waals surface area contributed by atoms with Gasteiger partial charge in [0.05, 0.1) is 0 Å². The Balaban J connectivity index is 2.13. The maximum absolute atomic E-state index is 12.5. The lowest BCUT2D eigenvalue weighted by molar-refractivity contribution is -0.159. The quantitative estimate of drug-likeness (QED) is 0.788. The maximum atomic E-state index is 12.5. The molecule has 1 heterocycles. The molecule has 1 atom stereocenters. The number of esters is 1. The van der Waals surface area contributed by atoms with Gasteiger partial charge in [-0.15, -0.1) is 0 Å². The Labute approximate surface area is 130 Å². The molecule has 1 saturated heterocycles. The van der Waals surface area contributed by atoms with Crippen LogP contribution in [-0.2, 0) is 9.53 Å². The molecular weight excluding hydrogens is 290 g/mol. The van der Waals surface area contributed by atoms with E-state index in [4.69, 9.17) is 16.3 Å². The molecule has 1 amide bonds. The summed E-state index contributed by atoms with van der Waals surface area (Å²) in [5.74, 6) is -0.484. The van der Waals surface area contributed by atoms with E-state index in [0.717, 1.165) is 6.42 Å². The highest BCUT2D eigenvalue weighted by atomic mass is 35.5. The third kappa shape index (κ3) is 3.97. The molecule has 1 fully saturated rings. The van der Waals surface area contributed by atoms with Crippen LogP contribution in [0.3, 0.4) is 0 Å².